The van der Waals surface area contributed by atoms with Crippen LogP contribution in [0.1, 0.15) is 52.9 Å². The van der Waals surface area contributed by atoms with E-state index in [9.17, 15) is 14.7 Å². The van der Waals surface area contributed by atoms with Gasteiger partial charge in [0.2, 0.25) is 0 Å². The number of allylic oxidation sites excluding steroid dienone is 1. The number of aliphatic hydroxyl groups excluding tert-OH is 1. The van der Waals surface area contributed by atoms with E-state index in [2.05, 4.69) is 19.9 Å². The highest BCUT2D eigenvalue weighted by atomic mass is 16.6. The summed E-state index contributed by atoms with van der Waals surface area (Å²) in [6.07, 6.45) is 6.03. The van der Waals surface area contributed by atoms with E-state index in [4.69, 9.17) is 9.47 Å². The molecule has 1 saturated carbocycles. The quantitative estimate of drug-likeness (QED) is 0.541. The van der Waals surface area contributed by atoms with Crippen LogP contribution in [0.2, 0.25) is 0 Å². The van der Waals surface area contributed by atoms with Crippen molar-refractivity contribution < 1.29 is 29.1 Å². The van der Waals surface area contributed by atoms with Crippen molar-refractivity contribution in [3.63, 3.8) is 0 Å². The Hall–Kier alpha value is -1.40. The molecular formula is C23H36NO5+. The van der Waals surface area contributed by atoms with Crippen LogP contribution < -0.4 is 4.90 Å². The first kappa shape index (κ1) is 20.9. The second kappa shape index (κ2) is 8.03. The number of hydrogen-bond donors (Lipinski definition) is 2. The van der Waals surface area contributed by atoms with Gasteiger partial charge in [0.05, 0.1) is 38.3 Å². The first-order chi connectivity index (χ1) is 13.9. The number of rotatable bonds is 4. The van der Waals surface area contributed by atoms with E-state index in [1.807, 2.05) is 6.92 Å². The van der Waals surface area contributed by atoms with Gasteiger partial charge >= 0.3 is 11.9 Å². The van der Waals surface area contributed by atoms with Crippen molar-refractivity contribution in [2.45, 2.75) is 65.1 Å². The molecule has 3 fully saturated rings. The van der Waals surface area contributed by atoms with Gasteiger partial charge in [-0.3, -0.25) is 9.59 Å². The summed E-state index contributed by atoms with van der Waals surface area (Å²) in [6.45, 7) is 9.09. The van der Waals surface area contributed by atoms with E-state index in [0.29, 0.717) is 19.1 Å². The van der Waals surface area contributed by atoms with Gasteiger partial charge in [0, 0.05) is 30.6 Å². The lowest BCUT2D eigenvalue weighted by molar-refractivity contribution is -0.908. The summed E-state index contributed by atoms with van der Waals surface area (Å²) < 4.78 is 10.9. The zero-order valence-corrected chi connectivity index (χ0v) is 18.0. The van der Waals surface area contributed by atoms with Gasteiger partial charge in [0.25, 0.3) is 0 Å². The van der Waals surface area contributed by atoms with Crippen molar-refractivity contribution in [2.24, 2.45) is 29.1 Å². The third-order valence-electron chi connectivity index (χ3n) is 8.39. The highest BCUT2D eigenvalue weighted by Gasteiger charge is 2.60. The molecule has 29 heavy (non-hydrogen) atoms. The molecule has 6 heteroatoms. The number of likely N-dealkylation sites (tertiary alicyclic amines) is 1. The molecule has 6 nitrogen and oxygen atoms in total. The molecule has 2 heterocycles. The highest BCUT2D eigenvalue weighted by molar-refractivity contribution is 5.76. The zero-order valence-electron chi connectivity index (χ0n) is 18.0. The summed E-state index contributed by atoms with van der Waals surface area (Å²) in [5.74, 6) is -0.223. The number of carbonyl (C=O) groups is 2. The number of quaternary nitrogens is 1. The Labute approximate surface area is 173 Å². The van der Waals surface area contributed by atoms with E-state index in [1.165, 1.54) is 10.5 Å². The van der Waals surface area contributed by atoms with Crippen LogP contribution in [-0.4, -0.2) is 55.5 Å². The fraction of sp³-hybridized carbons (Fsp3) is 0.826. The first-order valence-corrected chi connectivity index (χ1v) is 11.4. The van der Waals surface area contributed by atoms with Crippen molar-refractivity contribution in [3.05, 3.63) is 11.6 Å². The van der Waals surface area contributed by atoms with Gasteiger partial charge in [0.1, 0.15) is 12.0 Å². The van der Waals surface area contributed by atoms with Crippen LogP contribution in [0.3, 0.4) is 0 Å². The Morgan fingerprint density at radius 1 is 1.34 bits per heavy atom. The molecule has 2 N–H and O–H groups in total. The monoisotopic (exact) mass is 406 g/mol. The number of esters is 2. The smallest absolute Gasteiger partial charge is 0.315 e. The summed E-state index contributed by atoms with van der Waals surface area (Å²) in [6, 6.07) is 0. The Morgan fingerprint density at radius 3 is 2.76 bits per heavy atom. The third-order valence-corrected chi connectivity index (χ3v) is 8.39. The highest BCUT2D eigenvalue weighted by Crippen LogP contribution is 2.55. The number of hydrogen-bond acceptors (Lipinski definition) is 5. The number of fused-ring (bicyclic) bond motifs is 2. The number of nitrogens with one attached hydrogen (secondary N) is 1. The molecule has 0 unspecified atom stereocenters. The fourth-order valence-corrected chi connectivity index (χ4v) is 6.33. The molecule has 0 amide bonds. The average molecular weight is 407 g/mol. The molecule has 4 aliphatic rings. The van der Waals surface area contributed by atoms with Gasteiger partial charge in [-0.1, -0.05) is 25.5 Å². The van der Waals surface area contributed by atoms with Crippen molar-refractivity contribution in [1.82, 2.24) is 0 Å². The van der Waals surface area contributed by atoms with Gasteiger partial charge in [-0.25, -0.2) is 0 Å². The lowest BCUT2D eigenvalue weighted by atomic mass is 9.55. The Balaban J connectivity index is 1.44. The number of carbonyl (C=O) groups excluding carboxylic acids is 2. The lowest BCUT2D eigenvalue weighted by Gasteiger charge is -2.51. The average Bonchev–Trinajstić information content (AvgIpc) is 3.00. The molecular weight excluding hydrogens is 370 g/mol. The summed E-state index contributed by atoms with van der Waals surface area (Å²) in [5.41, 5.74) is 1.03. The summed E-state index contributed by atoms with van der Waals surface area (Å²) >= 11 is 0. The van der Waals surface area contributed by atoms with Gasteiger partial charge in [-0.2, -0.15) is 0 Å². The van der Waals surface area contributed by atoms with Crippen molar-refractivity contribution in [2.75, 3.05) is 26.2 Å². The van der Waals surface area contributed by atoms with Crippen LogP contribution in [0.25, 0.3) is 0 Å². The van der Waals surface area contributed by atoms with E-state index in [1.54, 1.807) is 0 Å². The molecule has 2 saturated heterocycles. The zero-order chi connectivity index (χ0) is 20.8. The van der Waals surface area contributed by atoms with Crippen molar-refractivity contribution in [1.29, 1.82) is 0 Å². The minimum Gasteiger partial charge on any atom is -0.466 e. The molecule has 0 radical (unpaired) electrons. The van der Waals surface area contributed by atoms with Crippen LogP contribution >= 0.6 is 0 Å². The predicted octanol–water partition coefficient (Wildman–Crippen LogP) is 1.13. The predicted molar refractivity (Wildman–Crippen MR) is 107 cm³/mol. The summed E-state index contributed by atoms with van der Waals surface area (Å²) in [5, 5.41) is 11.5. The van der Waals surface area contributed by atoms with Crippen LogP contribution in [0.4, 0.5) is 0 Å². The van der Waals surface area contributed by atoms with E-state index in [-0.39, 0.29) is 41.2 Å². The maximum atomic E-state index is 12.8. The maximum absolute atomic E-state index is 12.8. The second-order valence-corrected chi connectivity index (χ2v) is 9.78. The van der Waals surface area contributed by atoms with Crippen LogP contribution in [0, 0.1) is 29.1 Å². The number of piperidine rings is 1. The Bertz CT molecular complexity index is 683. The van der Waals surface area contributed by atoms with E-state index >= 15 is 0 Å². The third kappa shape index (κ3) is 3.52. The number of ether oxygens (including phenoxy) is 2. The van der Waals surface area contributed by atoms with E-state index in [0.717, 1.165) is 45.2 Å². The molecule has 0 bridgehead atoms. The van der Waals surface area contributed by atoms with Gasteiger partial charge in [-0.15, -0.1) is 0 Å². The molecule has 2 aliphatic carbocycles. The molecule has 4 rings (SSSR count). The molecule has 2 aliphatic heterocycles. The molecule has 0 aromatic heterocycles. The Kier molecular flexibility index (Phi) is 5.77. The van der Waals surface area contributed by atoms with E-state index < -0.39 is 6.10 Å². The maximum Gasteiger partial charge on any atom is 0.315 e. The van der Waals surface area contributed by atoms with Crippen LogP contribution in [0.15, 0.2) is 11.6 Å². The van der Waals surface area contributed by atoms with Crippen LogP contribution in [-0.2, 0) is 19.1 Å². The van der Waals surface area contributed by atoms with Gasteiger partial charge in [-0.05, 0) is 25.7 Å². The molecule has 0 spiro atoms. The van der Waals surface area contributed by atoms with Gasteiger partial charge < -0.3 is 19.5 Å². The normalized spacial score (nSPS) is 44.3. The largest absolute Gasteiger partial charge is 0.466 e. The van der Waals surface area contributed by atoms with Crippen LogP contribution in [0.5, 0.6) is 0 Å². The summed E-state index contributed by atoms with van der Waals surface area (Å²) in [4.78, 5) is 26.1. The summed E-state index contributed by atoms with van der Waals surface area (Å²) in [7, 11) is 0. The minimum atomic E-state index is -0.546. The lowest BCUT2D eigenvalue weighted by Crippen LogP contribution is -3.14. The minimum absolute atomic E-state index is 0.0167. The molecule has 162 valence electrons. The first-order valence-electron chi connectivity index (χ1n) is 11.4. The second-order valence-electron chi connectivity index (χ2n) is 9.78. The number of aliphatic hydroxyl groups is 1. The van der Waals surface area contributed by atoms with Crippen molar-refractivity contribution in [3.8, 4) is 0 Å². The van der Waals surface area contributed by atoms with Crippen molar-refractivity contribution >= 4 is 11.9 Å². The standard InChI is InChI=1S/C23H35NO5/c1-4-28-21(26)15-8-10-24(11-9-15)13-17-19-18(29-22(17)27)12-16-7-5-6-14(2)23(16,3)20(19)25/h7,14-15,17-20,25H,4-6,8-13H2,1-3H3/p+1/t14-,17+,18+,19-,20-,23+/m1/s1. The topological polar surface area (TPSA) is 77.3 Å². The van der Waals surface area contributed by atoms with Gasteiger partial charge in [0.15, 0.2) is 0 Å². The molecule has 0 aromatic rings. The Morgan fingerprint density at radius 2 is 2.07 bits per heavy atom. The molecule has 6 atom stereocenters. The fourth-order valence-electron chi connectivity index (χ4n) is 6.33. The SMILES string of the molecule is CCOC(=O)C1CC[NH+](C[C@@H]2C(=O)O[C@H]3CC4=CCC[C@@H](C)[C@]4(C)[C@H](O)[C@@H]32)CC1. The molecule has 0 aromatic carbocycles.